The van der Waals surface area contributed by atoms with E-state index in [1.807, 2.05) is 30.3 Å². The number of likely N-dealkylation sites (N-methyl/N-ethyl adjacent to an activating group) is 2. The van der Waals surface area contributed by atoms with E-state index in [4.69, 9.17) is 18.9 Å². The summed E-state index contributed by atoms with van der Waals surface area (Å²) in [6, 6.07) is 19.8. The average molecular weight is 595 g/mol. The smallest absolute Gasteiger partial charge is 0.201 e. The Hall–Kier alpha value is -4.40. The minimum Gasteiger partial charge on any atom is -0.504 e. The molecule has 6 aliphatic heterocycles. The van der Waals surface area contributed by atoms with Crippen LogP contribution in [0, 0.1) is 0 Å². The summed E-state index contributed by atoms with van der Waals surface area (Å²) in [5.41, 5.74) is 6.53. The minimum absolute atomic E-state index is 0.0160. The first kappa shape index (κ1) is 28.4. The van der Waals surface area contributed by atoms with E-state index in [0.717, 1.165) is 49.0 Å². The quantitative estimate of drug-likeness (QED) is 0.270. The van der Waals surface area contributed by atoms with Gasteiger partial charge in [0.2, 0.25) is 5.75 Å². The van der Waals surface area contributed by atoms with Gasteiger partial charge in [-0.3, -0.25) is 9.80 Å². The molecule has 44 heavy (non-hydrogen) atoms. The van der Waals surface area contributed by atoms with Crippen LogP contribution in [0.25, 0.3) is 0 Å². The molecule has 0 aliphatic carbocycles. The van der Waals surface area contributed by atoms with Gasteiger partial charge in [-0.05, 0) is 110 Å². The number of aromatic hydroxyl groups is 2. The maximum Gasteiger partial charge on any atom is 0.201 e. The molecule has 0 saturated heterocycles. The Morgan fingerprint density at radius 1 is 0.705 bits per heavy atom. The van der Waals surface area contributed by atoms with Crippen molar-refractivity contribution in [3.05, 3.63) is 94.0 Å². The summed E-state index contributed by atoms with van der Waals surface area (Å²) in [5, 5.41) is 22.5. The Bertz CT molecular complexity index is 1720. The standard InChI is InChI=1S/C36H38N2O6/c1-37-13-11-23-18-31(41-3)32-20-26(23)27(37)15-21-5-8-25(9-6-21)43-36-34-24(19-33(42-4)35(36)40)12-14-38(2)28(34)16-22-7-10-30(44-32)29(39)17-22/h5-10,17-20,27-28,39-40H,11-16H2,1-4H3. The van der Waals surface area contributed by atoms with E-state index in [0.29, 0.717) is 40.9 Å². The molecule has 2 N–H and O–H groups in total. The van der Waals surface area contributed by atoms with Gasteiger partial charge in [0.25, 0.3) is 0 Å². The number of benzene rings is 4. The summed E-state index contributed by atoms with van der Waals surface area (Å²) in [7, 11) is 7.44. The van der Waals surface area contributed by atoms with Crippen molar-refractivity contribution in [2.24, 2.45) is 0 Å². The van der Waals surface area contributed by atoms with Crippen LogP contribution < -0.4 is 18.9 Å². The lowest BCUT2D eigenvalue weighted by molar-refractivity contribution is 0.222. The first-order valence-electron chi connectivity index (χ1n) is 15.1. The summed E-state index contributed by atoms with van der Waals surface area (Å²) in [6.07, 6.45) is 3.09. The van der Waals surface area contributed by atoms with Gasteiger partial charge in [-0.1, -0.05) is 18.2 Å². The molecule has 4 aromatic rings. The van der Waals surface area contributed by atoms with Crippen LogP contribution in [-0.2, 0) is 25.7 Å². The third-order valence-electron chi connectivity index (χ3n) is 9.46. The highest BCUT2D eigenvalue weighted by molar-refractivity contribution is 5.62. The molecule has 8 heteroatoms. The van der Waals surface area contributed by atoms with Crippen molar-refractivity contribution >= 4 is 0 Å². The second-order valence-corrected chi connectivity index (χ2v) is 12.1. The van der Waals surface area contributed by atoms with Crippen molar-refractivity contribution in [1.82, 2.24) is 9.80 Å². The molecule has 0 amide bonds. The topological polar surface area (TPSA) is 83.9 Å². The maximum absolute atomic E-state index is 11.4. The van der Waals surface area contributed by atoms with Gasteiger partial charge in [-0.2, -0.15) is 0 Å². The Labute approximate surface area is 258 Å². The SMILES string of the molecule is COc1cc2c3cc1Oc1ccc(cc1O)CC1c4c(cc(OC)c(O)c4Oc4ccc(cc4)CC3N(C)CC2)CCN1C. The molecule has 2 unspecified atom stereocenters. The van der Waals surface area contributed by atoms with Gasteiger partial charge < -0.3 is 29.2 Å². The van der Waals surface area contributed by atoms with E-state index in [1.165, 1.54) is 16.7 Å². The third-order valence-corrected chi connectivity index (χ3v) is 9.46. The van der Waals surface area contributed by atoms with Crippen LogP contribution in [0.5, 0.6) is 46.0 Å². The highest BCUT2D eigenvalue weighted by Crippen LogP contribution is 2.50. The normalized spacial score (nSPS) is 19.6. The van der Waals surface area contributed by atoms with Gasteiger partial charge in [0.1, 0.15) is 5.75 Å². The first-order chi connectivity index (χ1) is 21.3. The molecule has 228 valence electrons. The van der Waals surface area contributed by atoms with Gasteiger partial charge in [-0.25, -0.2) is 0 Å². The number of rotatable bonds is 2. The number of ether oxygens (including phenoxy) is 4. The number of phenolic OH excluding ortho intramolecular Hbond substituents is 2. The molecule has 6 aliphatic rings. The first-order valence-corrected chi connectivity index (χ1v) is 15.1. The molecule has 10 rings (SSSR count). The predicted molar refractivity (Wildman–Crippen MR) is 168 cm³/mol. The largest absolute Gasteiger partial charge is 0.504 e. The molecular weight excluding hydrogens is 556 g/mol. The fourth-order valence-electron chi connectivity index (χ4n) is 6.94. The summed E-state index contributed by atoms with van der Waals surface area (Å²) in [6.45, 7) is 1.76. The molecule has 8 nitrogen and oxygen atoms in total. The number of phenols is 2. The highest BCUT2D eigenvalue weighted by Gasteiger charge is 2.33. The van der Waals surface area contributed by atoms with E-state index in [1.54, 1.807) is 20.3 Å². The van der Waals surface area contributed by atoms with Crippen LogP contribution in [0.15, 0.2) is 60.7 Å². The lowest BCUT2D eigenvalue weighted by Crippen LogP contribution is -2.33. The zero-order chi connectivity index (χ0) is 30.5. The van der Waals surface area contributed by atoms with Crippen LogP contribution in [-0.4, -0.2) is 61.4 Å². The van der Waals surface area contributed by atoms with Crippen LogP contribution in [0.3, 0.4) is 0 Å². The van der Waals surface area contributed by atoms with E-state index < -0.39 is 0 Å². The Kier molecular flexibility index (Phi) is 7.26. The van der Waals surface area contributed by atoms with E-state index in [2.05, 4.69) is 48.2 Å². The number of methoxy groups -OCH3 is 2. The van der Waals surface area contributed by atoms with Crippen molar-refractivity contribution in [2.45, 2.75) is 37.8 Å². The molecule has 0 spiro atoms. The molecule has 2 atom stereocenters. The van der Waals surface area contributed by atoms with Gasteiger partial charge in [0, 0.05) is 30.7 Å². The summed E-state index contributed by atoms with van der Waals surface area (Å²) in [5.74, 6) is 3.07. The van der Waals surface area contributed by atoms with Gasteiger partial charge in [0.05, 0.1) is 14.2 Å². The van der Waals surface area contributed by atoms with Crippen LogP contribution in [0.2, 0.25) is 0 Å². The molecular formula is C36H38N2O6. The van der Waals surface area contributed by atoms with Gasteiger partial charge in [-0.15, -0.1) is 0 Å². The Balaban J connectivity index is 1.39. The monoisotopic (exact) mass is 594 g/mol. The van der Waals surface area contributed by atoms with Crippen molar-refractivity contribution in [3.63, 3.8) is 0 Å². The lowest BCUT2D eigenvalue weighted by Gasteiger charge is -2.36. The second-order valence-electron chi connectivity index (χ2n) is 12.1. The lowest BCUT2D eigenvalue weighted by atomic mass is 9.87. The zero-order valence-electron chi connectivity index (χ0n) is 25.6. The molecule has 4 aromatic carbocycles. The number of hydrogen-bond donors (Lipinski definition) is 2. The number of hydrogen-bond acceptors (Lipinski definition) is 8. The van der Waals surface area contributed by atoms with Crippen molar-refractivity contribution in [2.75, 3.05) is 41.4 Å². The summed E-state index contributed by atoms with van der Waals surface area (Å²) >= 11 is 0. The molecule has 6 bridgehead atoms. The van der Waals surface area contributed by atoms with Crippen molar-refractivity contribution in [1.29, 1.82) is 0 Å². The van der Waals surface area contributed by atoms with Crippen molar-refractivity contribution in [3.8, 4) is 46.0 Å². The van der Waals surface area contributed by atoms with Crippen LogP contribution >= 0.6 is 0 Å². The van der Waals surface area contributed by atoms with Gasteiger partial charge >= 0.3 is 0 Å². The van der Waals surface area contributed by atoms with Crippen LogP contribution in [0.4, 0.5) is 0 Å². The molecule has 0 saturated carbocycles. The Morgan fingerprint density at radius 3 is 2.09 bits per heavy atom. The molecule has 0 aromatic heterocycles. The van der Waals surface area contributed by atoms with E-state index in [9.17, 15) is 10.2 Å². The molecule has 0 fully saturated rings. The van der Waals surface area contributed by atoms with Crippen molar-refractivity contribution < 1.29 is 29.2 Å². The fourth-order valence-corrected chi connectivity index (χ4v) is 6.94. The van der Waals surface area contributed by atoms with Gasteiger partial charge in [0.15, 0.2) is 34.5 Å². The van der Waals surface area contributed by atoms with Crippen LogP contribution in [0.1, 0.15) is 45.5 Å². The minimum atomic E-state index is -0.105. The average Bonchev–Trinajstić information content (AvgIpc) is 3.02. The zero-order valence-corrected chi connectivity index (χ0v) is 25.6. The van der Waals surface area contributed by atoms with E-state index >= 15 is 0 Å². The number of nitrogens with zero attached hydrogens (tertiary/aromatic N) is 2. The summed E-state index contributed by atoms with van der Waals surface area (Å²) in [4.78, 5) is 4.63. The summed E-state index contributed by atoms with van der Waals surface area (Å²) < 4.78 is 24.2. The fraction of sp³-hybridized carbons (Fsp3) is 0.333. The second kappa shape index (κ2) is 11.3. The maximum atomic E-state index is 11.4. The third kappa shape index (κ3) is 4.98. The molecule has 6 heterocycles. The predicted octanol–water partition coefficient (Wildman–Crippen LogP) is 6.56. The molecule has 0 radical (unpaired) electrons. The Morgan fingerprint density at radius 2 is 1.36 bits per heavy atom. The van der Waals surface area contributed by atoms with E-state index in [-0.39, 0.29) is 23.6 Å². The highest BCUT2D eigenvalue weighted by atomic mass is 16.5.